The van der Waals surface area contributed by atoms with Gasteiger partial charge in [-0.3, -0.25) is 0 Å². The molecule has 0 fully saturated rings. The van der Waals surface area contributed by atoms with E-state index in [9.17, 15) is 14.7 Å². The summed E-state index contributed by atoms with van der Waals surface area (Å²) >= 11 is 0. The van der Waals surface area contributed by atoms with Gasteiger partial charge in [-0.2, -0.15) is 0 Å². The van der Waals surface area contributed by atoms with Crippen molar-refractivity contribution < 1.29 is 24.5 Å². The van der Waals surface area contributed by atoms with E-state index in [4.69, 9.17) is 5.11 Å². The second-order valence-electron chi connectivity index (χ2n) is 4.76. The van der Waals surface area contributed by atoms with Gasteiger partial charge in [0.2, 0.25) is 0 Å². The first kappa shape index (κ1) is 17.6. The first-order chi connectivity index (χ1) is 8.83. The minimum Gasteiger partial charge on any atom is -0.476 e. The SMILES string of the molecule is CCCCC(CC)CC=CC(=O)OC(C)(O)C(=O)O. The molecule has 0 rings (SSSR count). The highest BCUT2D eigenvalue weighted by Crippen LogP contribution is 2.17. The lowest BCUT2D eigenvalue weighted by Crippen LogP contribution is -2.39. The fourth-order valence-electron chi connectivity index (χ4n) is 1.61. The summed E-state index contributed by atoms with van der Waals surface area (Å²) in [4.78, 5) is 21.9. The third-order valence-electron chi connectivity index (χ3n) is 2.96. The summed E-state index contributed by atoms with van der Waals surface area (Å²) in [5.41, 5.74) is 0. The summed E-state index contributed by atoms with van der Waals surface area (Å²) in [5.74, 6) is -4.40. The van der Waals surface area contributed by atoms with Crippen molar-refractivity contribution >= 4 is 11.9 Å². The molecular weight excluding hydrogens is 248 g/mol. The molecule has 110 valence electrons. The van der Waals surface area contributed by atoms with Crippen LogP contribution in [0.15, 0.2) is 12.2 Å². The van der Waals surface area contributed by atoms with Crippen molar-refractivity contribution in [3.05, 3.63) is 12.2 Å². The molecule has 5 heteroatoms. The third kappa shape index (κ3) is 7.62. The fourth-order valence-corrected chi connectivity index (χ4v) is 1.61. The molecule has 0 saturated heterocycles. The Balaban J connectivity index is 4.18. The second kappa shape index (κ2) is 8.69. The van der Waals surface area contributed by atoms with Crippen molar-refractivity contribution in [1.82, 2.24) is 0 Å². The highest BCUT2D eigenvalue weighted by atomic mass is 16.7. The Morgan fingerprint density at radius 2 is 2.00 bits per heavy atom. The monoisotopic (exact) mass is 272 g/mol. The minimum atomic E-state index is -2.48. The smallest absolute Gasteiger partial charge is 0.376 e. The zero-order valence-electron chi connectivity index (χ0n) is 11.9. The van der Waals surface area contributed by atoms with Crippen molar-refractivity contribution in [1.29, 1.82) is 0 Å². The van der Waals surface area contributed by atoms with E-state index in [1.165, 1.54) is 6.08 Å². The molecule has 0 aromatic rings. The number of unbranched alkanes of at least 4 members (excludes halogenated alkanes) is 1. The first-order valence-corrected chi connectivity index (χ1v) is 6.68. The van der Waals surface area contributed by atoms with Crippen LogP contribution < -0.4 is 0 Å². The van der Waals surface area contributed by atoms with Crippen molar-refractivity contribution in [3.63, 3.8) is 0 Å². The van der Waals surface area contributed by atoms with Crippen LogP contribution in [-0.2, 0) is 14.3 Å². The quantitative estimate of drug-likeness (QED) is 0.383. The Morgan fingerprint density at radius 3 is 2.47 bits per heavy atom. The standard InChI is InChI=1S/C14H24O5/c1-4-6-8-11(5-2)9-7-10-12(15)19-14(3,18)13(16)17/h7,10-11,18H,4-6,8-9H2,1-3H3,(H,16,17). The number of ether oxygens (including phenoxy) is 1. The van der Waals surface area contributed by atoms with Crippen LogP contribution in [0.5, 0.6) is 0 Å². The molecule has 0 radical (unpaired) electrons. The lowest BCUT2D eigenvalue weighted by molar-refractivity contribution is -0.214. The summed E-state index contributed by atoms with van der Waals surface area (Å²) in [7, 11) is 0. The Kier molecular flexibility index (Phi) is 8.07. The molecular formula is C14H24O5. The largest absolute Gasteiger partial charge is 0.476 e. The van der Waals surface area contributed by atoms with Crippen molar-refractivity contribution in [2.75, 3.05) is 0 Å². The average molecular weight is 272 g/mol. The molecule has 0 aliphatic heterocycles. The molecule has 2 unspecified atom stereocenters. The number of carboxylic acid groups (broad SMARTS) is 1. The summed E-state index contributed by atoms with van der Waals surface area (Å²) in [5, 5.41) is 17.8. The number of hydrogen-bond acceptors (Lipinski definition) is 4. The molecule has 0 aliphatic rings. The van der Waals surface area contributed by atoms with Crippen LogP contribution in [0.4, 0.5) is 0 Å². The lowest BCUT2D eigenvalue weighted by Gasteiger charge is -2.17. The van der Waals surface area contributed by atoms with E-state index in [-0.39, 0.29) is 0 Å². The fraction of sp³-hybridized carbons (Fsp3) is 0.714. The number of carbonyl (C=O) groups excluding carboxylic acids is 1. The van der Waals surface area contributed by atoms with Crippen LogP contribution in [0.1, 0.15) is 52.9 Å². The Hall–Kier alpha value is -1.36. The van der Waals surface area contributed by atoms with Gasteiger partial charge < -0.3 is 14.9 Å². The van der Waals surface area contributed by atoms with Crippen molar-refractivity contribution in [2.24, 2.45) is 5.92 Å². The van der Waals surface area contributed by atoms with Crippen LogP contribution in [0, 0.1) is 5.92 Å². The van der Waals surface area contributed by atoms with Gasteiger partial charge in [-0.25, -0.2) is 9.59 Å². The Labute approximate surface area is 114 Å². The summed E-state index contributed by atoms with van der Waals surface area (Å²) in [6.45, 7) is 5.15. The average Bonchev–Trinajstić information content (AvgIpc) is 2.32. The normalized spacial score (nSPS) is 16.0. The van der Waals surface area contributed by atoms with E-state index < -0.39 is 17.7 Å². The van der Waals surface area contributed by atoms with Gasteiger partial charge in [-0.05, 0) is 12.3 Å². The first-order valence-electron chi connectivity index (χ1n) is 6.68. The van der Waals surface area contributed by atoms with Gasteiger partial charge in [0, 0.05) is 13.0 Å². The number of carboxylic acids is 1. The van der Waals surface area contributed by atoms with Crippen LogP contribution in [-0.4, -0.2) is 27.9 Å². The van der Waals surface area contributed by atoms with Gasteiger partial charge >= 0.3 is 17.7 Å². The maximum Gasteiger partial charge on any atom is 0.376 e. The van der Waals surface area contributed by atoms with E-state index in [0.717, 1.165) is 39.0 Å². The molecule has 0 amide bonds. The molecule has 0 saturated carbocycles. The van der Waals surface area contributed by atoms with Gasteiger partial charge in [0.25, 0.3) is 0 Å². The molecule has 19 heavy (non-hydrogen) atoms. The molecule has 2 N–H and O–H groups in total. The van der Waals surface area contributed by atoms with Gasteiger partial charge in [-0.1, -0.05) is 45.6 Å². The number of aliphatic carboxylic acids is 1. The van der Waals surface area contributed by atoms with Gasteiger partial charge in [0.15, 0.2) is 0 Å². The minimum absolute atomic E-state index is 0.518. The zero-order valence-corrected chi connectivity index (χ0v) is 11.9. The van der Waals surface area contributed by atoms with Gasteiger partial charge in [0.1, 0.15) is 0 Å². The van der Waals surface area contributed by atoms with Crippen LogP contribution in [0.2, 0.25) is 0 Å². The van der Waals surface area contributed by atoms with E-state index in [2.05, 4.69) is 18.6 Å². The van der Waals surface area contributed by atoms with Gasteiger partial charge in [-0.15, -0.1) is 0 Å². The molecule has 0 aromatic heterocycles. The van der Waals surface area contributed by atoms with E-state index in [1.54, 1.807) is 6.08 Å². The van der Waals surface area contributed by atoms with Crippen LogP contribution in [0.25, 0.3) is 0 Å². The molecule has 0 bridgehead atoms. The lowest BCUT2D eigenvalue weighted by atomic mass is 9.96. The van der Waals surface area contributed by atoms with Crippen molar-refractivity contribution in [3.8, 4) is 0 Å². The molecule has 0 spiro atoms. The van der Waals surface area contributed by atoms with Crippen LogP contribution in [0.3, 0.4) is 0 Å². The molecule has 5 nitrogen and oxygen atoms in total. The Morgan fingerprint density at radius 1 is 1.37 bits per heavy atom. The maximum absolute atomic E-state index is 11.3. The third-order valence-corrected chi connectivity index (χ3v) is 2.96. The van der Waals surface area contributed by atoms with Crippen LogP contribution >= 0.6 is 0 Å². The predicted octanol–water partition coefficient (Wildman–Crippen LogP) is 2.49. The maximum atomic E-state index is 11.3. The molecule has 0 heterocycles. The summed E-state index contributed by atoms with van der Waals surface area (Å²) in [6, 6.07) is 0. The van der Waals surface area contributed by atoms with E-state index in [1.807, 2.05) is 0 Å². The van der Waals surface area contributed by atoms with Gasteiger partial charge in [0.05, 0.1) is 0 Å². The molecule has 0 aromatic carbocycles. The molecule has 0 aliphatic carbocycles. The highest BCUT2D eigenvalue weighted by Gasteiger charge is 2.33. The van der Waals surface area contributed by atoms with E-state index in [0.29, 0.717) is 5.92 Å². The number of esters is 1. The number of rotatable bonds is 9. The topological polar surface area (TPSA) is 83.8 Å². The zero-order chi connectivity index (χ0) is 14.9. The summed E-state index contributed by atoms with van der Waals surface area (Å²) in [6.07, 6.45) is 8.04. The van der Waals surface area contributed by atoms with E-state index >= 15 is 0 Å². The number of hydrogen-bond donors (Lipinski definition) is 2. The number of allylic oxidation sites excluding steroid dienone is 1. The highest BCUT2D eigenvalue weighted by molar-refractivity contribution is 5.86. The summed E-state index contributed by atoms with van der Waals surface area (Å²) < 4.78 is 4.43. The Bertz CT molecular complexity index is 320. The number of carbonyl (C=O) groups is 2. The van der Waals surface area contributed by atoms with Crippen molar-refractivity contribution in [2.45, 2.75) is 58.7 Å². The number of aliphatic hydroxyl groups is 1. The molecule has 2 atom stereocenters. The second-order valence-corrected chi connectivity index (χ2v) is 4.76. The predicted molar refractivity (Wildman–Crippen MR) is 71.4 cm³/mol.